The van der Waals surface area contributed by atoms with Crippen molar-refractivity contribution in [3.8, 4) is 0 Å². The number of likely N-dealkylation sites (N-methyl/N-ethyl adjacent to an activating group) is 1. The highest BCUT2D eigenvalue weighted by Gasteiger charge is 2.01. The SMILES string of the molecule is CCN(CCCCO)CC(N)=S. The molecule has 0 heterocycles. The van der Waals surface area contributed by atoms with Gasteiger partial charge in [0.2, 0.25) is 0 Å². The first-order valence-corrected chi connectivity index (χ1v) is 4.73. The van der Waals surface area contributed by atoms with E-state index in [2.05, 4.69) is 11.8 Å². The van der Waals surface area contributed by atoms with Gasteiger partial charge in [-0.3, -0.25) is 4.90 Å². The summed E-state index contributed by atoms with van der Waals surface area (Å²) in [4.78, 5) is 2.72. The average molecular weight is 190 g/mol. The highest BCUT2D eigenvalue weighted by atomic mass is 32.1. The van der Waals surface area contributed by atoms with E-state index < -0.39 is 0 Å². The summed E-state index contributed by atoms with van der Waals surface area (Å²) in [5, 5.41) is 8.56. The summed E-state index contributed by atoms with van der Waals surface area (Å²) in [5.41, 5.74) is 5.41. The number of nitrogens with two attached hydrogens (primary N) is 1. The number of aliphatic hydroxyl groups is 1. The van der Waals surface area contributed by atoms with Gasteiger partial charge >= 0.3 is 0 Å². The monoisotopic (exact) mass is 190 g/mol. The molecule has 12 heavy (non-hydrogen) atoms. The zero-order valence-electron chi connectivity index (χ0n) is 7.62. The van der Waals surface area contributed by atoms with Crippen molar-refractivity contribution in [2.45, 2.75) is 19.8 Å². The maximum absolute atomic E-state index is 8.56. The molecule has 0 aromatic rings. The van der Waals surface area contributed by atoms with Crippen molar-refractivity contribution in [3.63, 3.8) is 0 Å². The lowest BCUT2D eigenvalue weighted by atomic mass is 10.3. The lowest BCUT2D eigenvalue weighted by Crippen LogP contribution is -2.33. The van der Waals surface area contributed by atoms with Crippen LogP contribution in [0, 0.1) is 0 Å². The van der Waals surface area contributed by atoms with E-state index in [1.807, 2.05) is 0 Å². The van der Waals surface area contributed by atoms with Gasteiger partial charge in [0.15, 0.2) is 0 Å². The largest absolute Gasteiger partial charge is 0.396 e. The van der Waals surface area contributed by atoms with E-state index in [1.165, 1.54) is 0 Å². The second-order valence-electron chi connectivity index (χ2n) is 2.77. The van der Waals surface area contributed by atoms with E-state index in [4.69, 9.17) is 23.1 Å². The van der Waals surface area contributed by atoms with Crippen LogP contribution in [0.5, 0.6) is 0 Å². The molecule has 0 aliphatic heterocycles. The highest BCUT2D eigenvalue weighted by molar-refractivity contribution is 7.80. The first-order chi connectivity index (χ1) is 5.70. The zero-order chi connectivity index (χ0) is 9.40. The Morgan fingerprint density at radius 3 is 2.58 bits per heavy atom. The van der Waals surface area contributed by atoms with Gasteiger partial charge in [-0.25, -0.2) is 0 Å². The number of hydrogen-bond donors (Lipinski definition) is 2. The highest BCUT2D eigenvalue weighted by Crippen LogP contribution is 1.94. The van der Waals surface area contributed by atoms with E-state index in [9.17, 15) is 0 Å². The van der Waals surface area contributed by atoms with Crippen molar-refractivity contribution in [2.24, 2.45) is 5.73 Å². The average Bonchev–Trinajstić information content (AvgIpc) is 2.02. The molecule has 0 spiro atoms. The number of aliphatic hydroxyl groups excluding tert-OH is 1. The number of unbranched alkanes of at least 4 members (excludes halogenated alkanes) is 1. The summed E-state index contributed by atoms with van der Waals surface area (Å²) in [6, 6.07) is 0. The fourth-order valence-electron chi connectivity index (χ4n) is 1.02. The number of nitrogens with zero attached hydrogens (tertiary/aromatic N) is 1. The van der Waals surface area contributed by atoms with Gasteiger partial charge in [-0.05, 0) is 25.9 Å². The number of thiocarbonyl (C=S) groups is 1. The quantitative estimate of drug-likeness (QED) is 0.450. The van der Waals surface area contributed by atoms with Crippen molar-refractivity contribution in [3.05, 3.63) is 0 Å². The van der Waals surface area contributed by atoms with Crippen LogP contribution in [0.2, 0.25) is 0 Å². The third-order valence-corrected chi connectivity index (χ3v) is 1.84. The van der Waals surface area contributed by atoms with Crippen LogP contribution in [0.25, 0.3) is 0 Å². The van der Waals surface area contributed by atoms with Gasteiger partial charge in [0.1, 0.15) is 0 Å². The molecule has 0 aromatic carbocycles. The Labute approximate surface area is 79.5 Å². The Morgan fingerprint density at radius 2 is 2.17 bits per heavy atom. The normalized spacial score (nSPS) is 10.6. The van der Waals surface area contributed by atoms with Crippen LogP contribution < -0.4 is 5.73 Å². The molecule has 0 aliphatic carbocycles. The Balaban J connectivity index is 3.46. The summed E-state index contributed by atoms with van der Waals surface area (Å²) in [6.45, 7) is 4.97. The Hall–Kier alpha value is -0.190. The Bertz CT molecular complexity index is 130. The van der Waals surface area contributed by atoms with Crippen molar-refractivity contribution >= 4 is 17.2 Å². The van der Waals surface area contributed by atoms with Gasteiger partial charge in [0.05, 0.1) is 4.99 Å². The van der Waals surface area contributed by atoms with Gasteiger partial charge in [-0.15, -0.1) is 0 Å². The van der Waals surface area contributed by atoms with E-state index in [0.29, 0.717) is 11.5 Å². The molecule has 0 atom stereocenters. The predicted molar refractivity (Wildman–Crippen MR) is 55.2 cm³/mol. The fraction of sp³-hybridized carbons (Fsp3) is 0.875. The molecule has 0 aromatic heterocycles. The fourth-order valence-corrected chi connectivity index (χ4v) is 1.20. The summed E-state index contributed by atoms with van der Waals surface area (Å²) in [7, 11) is 0. The molecule has 0 amide bonds. The zero-order valence-corrected chi connectivity index (χ0v) is 8.44. The Morgan fingerprint density at radius 1 is 1.50 bits per heavy atom. The van der Waals surface area contributed by atoms with Crippen molar-refractivity contribution in [2.75, 3.05) is 26.2 Å². The van der Waals surface area contributed by atoms with Crippen LogP contribution in [-0.4, -0.2) is 41.2 Å². The molecule has 0 bridgehead atoms. The third-order valence-electron chi connectivity index (χ3n) is 1.71. The molecule has 3 N–H and O–H groups in total. The smallest absolute Gasteiger partial charge is 0.0870 e. The second kappa shape index (κ2) is 7.46. The second-order valence-corrected chi connectivity index (χ2v) is 3.29. The predicted octanol–water partition coefficient (Wildman–Crippen LogP) is 0.367. The van der Waals surface area contributed by atoms with Crippen LogP contribution in [0.1, 0.15) is 19.8 Å². The summed E-state index contributed by atoms with van der Waals surface area (Å²) < 4.78 is 0. The first kappa shape index (κ1) is 11.8. The molecule has 0 rings (SSSR count). The summed E-state index contributed by atoms with van der Waals surface area (Å²) >= 11 is 4.80. The van der Waals surface area contributed by atoms with Gasteiger partial charge in [0.25, 0.3) is 0 Å². The molecule has 0 saturated heterocycles. The molecule has 0 saturated carbocycles. The molecule has 0 fully saturated rings. The third kappa shape index (κ3) is 6.52. The van der Waals surface area contributed by atoms with E-state index in [0.717, 1.165) is 25.9 Å². The van der Waals surface area contributed by atoms with Gasteiger partial charge in [-0.2, -0.15) is 0 Å². The van der Waals surface area contributed by atoms with Crippen molar-refractivity contribution in [1.29, 1.82) is 0 Å². The lowest BCUT2D eigenvalue weighted by Gasteiger charge is -2.18. The number of hydrogen-bond acceptors (Lipinski definition) is 3. The maximum Gasteiger partial charge on any atom is 0.0870 e. The molecule has 0 unspecified atom stereocenters. The number of rotatable bonds is 7. The maximum atomic E-state index is 8.56. The molecular weight excluding hydrogens is 172 g/mol. The summed E-state index contributed by atoms with van der Waals surface area (Å²) in [6.07, 6.45) is 1.86. The van der Waals surface area contributed by atoms with Crippen LogP contribution in [0.3, 0.4) is 0 Å². The van der Waals surface area contributed by atoms with E-state index in [-0.39, 0.29) is 6.61 Å². The molecule has 0 radical (unpaired) electrons. The minimum atomic E-state index is 0.268. The first-order valence-electron chi connectivity index (χ1n) is 4.32. The minimum absolute atomic E-state index is 0.268. The minimum Gasteiger partial charge on any atom is -0.396 e. The molecule has 72 valence electrons. The van der Waals surface area contributed by atoms with Gasteiger partial charge in [-0.1, -0.05) is 19.1 Å². The lowest BCUT2D eigenvalue weighted by molar-refractivity contribution is 0.261. The molecule has 3 nitrogen and oxygen atoms in total. The van der Waals surface area contributed by atoms with Crippen LogP contribution >= 0.6 is 12.2 Å². The van der Waals surface area contributed by atoms with E-state index in [1.54, 1.807) is 0 Å². The molecular formula is C8H18N2OS. The van der Waals surface area contributed by atoms with Gasteiger partial charge < -0.3 is 10.8 Å². The standard InChI is InChI=1S/C8H18N2OS/c1-2-10(7-8(9)12)5-3-4-6-11/h11H,2-7H2,1H3,(H2,9,12). The van der Waals surface area contributed by atoms with Crippen LogP contribution in [-0.2, 0) is 0 Å². The van der Waals surface area contributed by atoms with Gasteiger partial charge in [0, 0.05) is 13.2 Å². The summed E-state index contributed by atoms with van der Waals surface area (Å²) in [5.74, 6) is 0. The molecule has 4 heteroatoms. The Kier molecular flexibility index (Phi) is 7.34. The topological polar surface area (TPSA) is 49.5 Å². The van der Waals surface area contributed by atoms with Crippen LogP contribution in [0.15, 0.2) is 0 Å². The molecule has 0 aliphatic rings. The van der Waals surface area contributed by atoms with Crippen molar-refractivity contribution in [1.82, 2.24) is 4.90 Å². The van der Waals surface area contributed by atoms with E-state index >= 15 is 0 Å². The van der Waals surface area contributed by atoms with Crippen LogP contribution in [0.4, 0.5) is 0 Å². The van der Waals surface area contributed by atoms with Crippen molar-refractivity contribution < 1.29 is 5.11 Å².